The Hall–Kier alpha value is -1.88. The second kappa shape index (κ2) is 7.78. The molecule has 3 atom stereocenters. The van der Waals surface area contributed by atoms with Crippen molar-refractivity contribution >= 4 is 17.5 Å². The van der Waals surface area contributed by atoms with Gasteiger partial charge in [0.05, 0.1) is 0 Å². The normalized spacial score (nSPS) is 14.9. The summed E-state index contributed by atoms with van der Waals surface area (Å²) in [7, 11) is 0. The van der Waals surface area contributed by atoms with Crippen LogP contribution >= 0.6 is 0 Å². The lowest BCUT2D eigenvalue weighted by molar-refractivity contribution is -0.119. The van der Waals surface area contributed by atoms with Crippen LogP contribution in [0.25, 0.3) is 0 Å². The van der Waals surface area contributed by atoms with Gasteiger partial charge in [-0.25, -0.2) is 0 Å². The minimum Gasteiger partial charge on any atom is -0.352 e. The molecule has 0 fully saturated rings. The number of aryl methyl sites for hydroxylation is 1. The maximum absolute atomic E-state index is 12.1. The third kappa shape index (κ3) is 5.95. The fraction of sp³-hybridized carbons (Fsp3) is 0.500. The number of hydrogen-bond donors (Lipinski definition) is 3. The van der Waals surface area contributed by atoms with Crippen molar-refractivity contribution in [3.63, 3.8) is 0 Å². The predicted octanol–water partition coefficient (Wildman–Crippen LogP) is 1.81. The summed E-state index contributed by atoms with van der Waals surface area (Å²) in [6.07, 6.45) is 0.513. The van der Waals surface area contributed by atoms with Crippen molar-refractivity contribution in [2.75, 3.05) is 5.32 Å². The zero-order valence-corrected chi connectivity index (χ0v) is 13.1. The molecular weight excluding hydrogens is 266 g/mol. The average molecular weight is 291 g/mol. The zero-order valence-electron chi connectivity index (χ0n) is 13.1. The van der Waals surface area contributed by atoms with E-state index in [1.54, 1.807) is 0 Å². The molecule has 0 radical (unpaired) electrons. The van der Waals surface area contributed by atoms with Crippen LogP contribution in [0, 0.1) is 12.8 Å². The first kappa shape index (κ1) is 17.2. The molecule has 0 bridgehead atoms. The topological polar surface area (TPSA) is 84.2 Å². The first-order valence-corrected chi connectivity index (χ1v) is 7.19. The Labute approximate surface area is 126 Å². The van der Waals surface area contributed by atoms with Gasteiger partial charge in [0.1, 0.15) is 0 Å². The molecule has 0 aromatic heterocycles. The Morgan fingerprint density at radius 1 is 1.19 bits per heavy atom. The van der Waals surface area contributed by atoms with Gasteiger partial charge in [-0.2, -0.15) is 0 Å². The highest BCUT2D eigenvalue weighted by Crippen LogP contribution is 2.13. The summed E-state index contributed by atoms with van der Waals surface area (Å²) in [5, 5.41) is 5.62. The molecule has 1 aromatic rings. The Balaban J connectivity index is 2.50. The van der Waals surface area contributed by atoms with Gasteiger partial charge < -0.3 is 16.4 Å². The molecule has 1 aromatic carbocycles. The molecule has 0 heterocycles. The fourth-order valence-electron chi connectivity index (χ4n) is 2.05. The average Bonchev–Trinajstić information content (AvgIpc) is 2.40. The van der Waals surface area contributed by atoms with Crippen molar-refractivity contribution in [1.29, 1.82) is 0 Å². The number of amides is 2. The Morgan fingerprint density at radius 3 is 2.29 bits per heavy atom. The van der Waals surface area contributed by atoms with Crippen molar-refractivity contribution in [1.82, 2.24) is 5.32 Å². The summed E-state index contributed by atoms with van der Waals surface area (Å²) in [6, 6.07) is 7.24. The third-order valence-corrected chi connectivity index (χ3v) is 3.47. The number of carbonyl (C=O) groups excluding carboxylic acids is 2. The number of benzene rings is 1. The molecule has 4 N–H and O–H groups in total. The van der Waals surface area contributed by atoms with Gasteiger partial charge in [0.2, 0.25) is 11.8 Å². The largest absolute Gasteiger partial charge is 0.352 e. The highest BCUT2D eigenvalue weighted by molar-refractivity contribution is 5.92. The van der Waals surface area contributed by atoms with Crippen LogP contribution in [0.1, 0.15) is 32.8 Å². The van der Waals surface area contributed by atoms with Crippen LogP contribution in [0.2, 0.25) is 0 Å². The third-order valence-electron chi connectivity index (χ3n) is 3.47. The van der Waals surface area contributed by atoms with Gasteiger partial charge in [0, 0.05) is 30.6 Å². The van der Waals surface area contributed by atoms with Crippen molar-refractivity contribution in [2.45, 2.75) is 46.2 Å². The summed E-state index contributed by atoms with van der Waals surface area (Å²) >= 11 is 0. The van der Waals surface area contributed by atoms with Crippen molar-refractivity contribution in [3.05, 3.63) is 29.8 Å². The van der Waals surface area contributed by atoms with E-state index in [0.717, 1.165) is 11.3 Å². The molecule has 0 saturated heterocycles. The van der Waals surface area contributed by atoms with Crippen molar-refractivity contribution in [2.24, 2.45) is 11.7 Å². The SMILES string of the molecule is CC(=O)N[C@@H](C)[C@@H](N)C[C@@H](C)C(=O)Nc1ccc(C)cc1. The summed E-state index contributed by atoms with van der Waals surface area (Å²) in [4.78, 5) is 23.1. The minimum absolute atomic E-state index is 0.0654. The highest BCUT2D eigenvalue weighted by atomic mass is 16.2. The van der Waals surface area contributed by atoms with Gasteiger partial charge in [0.25, 0.3) is 0 Å². The zero-order chi connectivity index (χ0) is 16.0. The van der Waals surface area contributed by atoms with E-state index >= 15 is 0 Å². The van der Waals surface area contributed by atoms with E-state index in [9.17, 15) is 9.59 Å². The smallest absolute Gasteiger partial charge is 0.227 e. The number of nitrogens with one attached hydrogen (secondary N) is 2. The highest BCUT2D eigenvalue weighted by Gasteiger charge is 2.21. The molecule has 5 nitrogen and oxygen atoms in total. The van der Waals surface area contributed by atoms with E-state index in [-0.39, 0.29) is 29.8 Å². The first-order valence-electron chi connectivity index (χ1n) is 7.19. The summed E-state index contributed by atoms with van der Waals surface area (Å²) in [6.45, 7) is 7.13. The van der Waals surface area contributed by atoms with Gasteiger partial charge in [0.15, 0.2) is 0 Å². The second-order valence-electron chi connectivity index (χ2n) is 5.65. The number of carbonyl (C=O) groups is 2. The van der Waals surface area contributed by atoms with Gasteiger partial charge in [-0.1, -0.05) is 24.6 Å². The van der Waals surface area contributed by atoms with Crippen LogP contribution in [0.4, 0.5) is 5.69 Å². The standard InChI is InChI=1S/C16H25N3O2/c1-10-5-7-14(8-6-10)19-16(21)11(2)9-15(17)12(3)18-13(4)20/h5-8,11-12,15H,9,17H2,1-4H3,(H,18,20)(H,19,21)/t11-,12+,15+/m1/s1. The number of hydrogen-bond acceptors (Lipinski definition) is 3. The molecule has 2 amide bonds. The Bertz CT molecular complexity index is 485. The van der Waals surface area contributed by atoms with E-state index in [0.29, 0.717) is 6.42 Å². The monoisotopic (exact) mass is 291 g/mol. The molecule has 0 aliphatic heterocycles. The van der Waals surface area contributed by atoms with Crippen LogP contribution in [0.5, 0.6) is 0 Å². The maximum atomic E-state index is 12.1. The molecule has 0 aliphatic carbocycles. The van der Waals surface area contributed by atoms with Gasteiger partial charge in [-0.05, 0) is 32.4 Å². The molecule has 116 valence electrons. The van der Waals surface area contributed by atoms with E-state index in [4.69, 9.17) is 5.73 Å². The van der Waals surface area contributed by atoms with Crippen LogP contribution < -0.4 is 16.4 Å². The molecule has 0 unspecified atom stereocenters. The molecule has 0 saturated carbocycles. The van der Waals surface area contributed by atoms with E-state index in [1.807, 2.05) is 45.0 Å². The number of nitrogens with two attached hydrogens (primary N) is 1. The van der Waals surface area contributed by atoms with E-state index < -0.39 is 0 Å². The van der Waals surface area contributed by atoms with Crippen molar-refractivity contribution in [3.8, 4) is 0 Å². The molecule has 21 heavy (non-hydrogen) atoms. The number of anilines is 1. The molecule has 0 aliphatic rings. The molecule has 0 spiro atoms. The van der Waals surface area contributed by atoms with Crippen LogP contribution in [-0.4, -0.2) is 23.9 Å². The molecule has 1 rings (SSSR count). The van der Waals surface area contributed by atoms with E-state index in [2.05, 4.69) is 10.6 Å². The molecular formula is C16H25N3O2. The second-order valence-corrected chi connectivity index (χ2v) is 5.65. The van der Waals surface area contributed by atoms with Crippen LogP contribution in [0.3, 0.4) is 0 Å². The Morgan fingerprint density at radius 2 is 1.76 bits per heavy atom. The number of rotatable bonds is 6. The maximum Gasteiger partial charge on any atom is 0.227 e. The minimum atomic E-state index is -0.257. The summed E-state index contributed by atoms with van der Waals surface area (Å²) in [5.41, 5.74) is 7.95. The molecule has 5 heteroatoms. The predicted molar refractivity (Wildman–Crippen MR) is 84.8 cm³/mol. The summed E-state index contributed by atoms with van der Waals surface area (Å²) in [5.74, 6) is -0.406. The van der Waals surface area contributed by atoms with Gasteiger partial charge in [-0.15, -0.1) is 0 Å². The van der Waals surface area contributed by atoms with Crippen LogP contribution in [0.15, 0.2) is 24.3 Å². The van der Waals surface area contributed by atoms with Crippen molar-refractivity contribution < 1.29 is 9.59 Å². The first-order chi connectivity index (χ1) is 9.79. The lowest BCUT2D eigenvalue weighted by Gasteiger charge is -2.23. The van der Waals surface area contributed by atoms with Gasteiger partial charge >= 0.3 is 0 Å². The van der Waals surface area contributed by atoms with Crippen LogP contribution in [-0.2, 0) is 9.59 Å². The van der Waals surface area contributed by atoms with Gasteiger partial charge in [-0.3, -0.25) is 9.59 Å². The summed E-state index contributed by atoms with van der Waals surface area (Å²) < 4.78 is 0. The fourth-order valence-corrected chi connectivity index (χ4v) is 2.05. The quantitative estimate of drug-likeness (QED) is 0.747. The lowest BCUT2D eigenvalue weighted by atomic mass is 9.97. The van der Waals surface area contributed by atoms with E-state index in [1.165, 1.54) is 6.92 Å². The Kier molecular flexibility index (Phi) is 6.37. The lowest BCUT2D eigenvalue weighted by Crippen LogP contribution is -2.46.